The standard InChI is InChI=1S/C26H34N4O4S/c1-35(31,32)30(17-23-6-3-2-4-7-23)14-13-29-20-25-18-28(19-26(21-29)34-25)12-5-15-33-24-10-8-22(16-27)9-11-24/h2-4,6-11,25-26H,5,12-15,17-21H2,1H3. The van der Waals surface area contributed by atoms with Gasteiger partial charge in [0.25, 0.3) is 0 Å². The number of fused-ring (bicyclic) bond motifs is 2. The first kappa shape index (κ1) is 25.6. The van der Waals surface area contributed by atoms with E-state index in [1.807, 2.05) is 42.5 Å². The SMILES string of the molecule is CS(=O)(=O)N(CCN1CC2CN(CCCOc3ccc(C#N)cc3)CC(C1)O2)Cc1ccccc1. The van der Waals surface area contributed by atoms with Crippen molar-refractivity contribution in [1.82, 2.24) is 14.1 Å². The maximum Gasteiger partial charge on any atom is 0.211 e. The molecule has 9 heteroatoms. The second-order valence-corrected chi connectivity index (χ2v) is 11.3. The van der Waals surface area contributed by atoms with Gasteiger partial charge in [0.05, 0.1) is 36.7 Å². The molecule has 0 saturated carbocycles. The van der Waals surface area contributed by atoms with Crippen molar-refractivity contribution in [1.29, 1.82) is 5.26 Å². The van der Waals surface area contributed by atoms with Crippen LogP contribution in [0.15, 0.2) is 54.6 Å². The molecule has 2 saturated heterocycles. The van der Waals surface area contributed by atoms with Gasteiger partial charge in [0.2, 0.25) is 10.0 Å². The average molecular weight is 499 g/mol. The second kappa shape index (κ2) is 12.0. The summed E-state index contributed by atoms with van der Waals surface area (Å²) in [6.45, 7) is 6.55. The van der Waals surface area contributed by atoms with E-state index in [9.17, 15) is 8.42 Å². The zero-order valence-electron chi connectivity index (χ0n) is 20.3. The summed E-state index contributed by atoms with van der Waals surface area (Å²) in [4.78, 5) is 4.78. The average Bonchev–Trinajstić information content (AvgIpc) is 2.84. The predicted molar refractivity (Wildman–Crippen MR) is 135 cm³/mol. The van der Waals surface area contributed by atoms with Crippen LogP contribution in [0.1, 0.15) is 17.5 Å². The lowest BCUT2D eigenvalue weighted by atomic mass is 10.1. The van der Waals surface area contributed by atoms with Crippen molar-refractivity contribution >= 4 is 10.0 Å². The Balaban J connectivity index is 1.19. The molecule has 0 amide bonds. The number of sulfonamides is 1. The minimum atomic E-state index is -3.29. The van der Waals surface area contributed by atoms with E-state index >= 15 is 0 Å². The Morgan fingerprint density at radius 2 is 1.63 bits per heavy atom. The molecule has 35 heavy (non-hydrogen) atoms. The van der Waals surface area contributed by atoms with E-state index in [-0.39, 0.29) is 12.2 Å². The molecule has 2 bridgehead atoms. The first-order valence-electron chi connectivity index (χ1n) is 12.1. The van der Waals surface area contributed by atoms with E-state index in [0.29, 0.717) is 31.8 Å². The lowest BCUT2D eigenvalue weighted by Gasteiger charge is -2.46. The highest BCUT2D eigenvalue weighted by molar-refractivity contribution is 7.88. The van der Waals surface area contributed by atoms with Crippen molar-refractivity contribution in [3.05, 3.63) is 65.7 Å². The van der Waals surface area contributed by atoms with Crippen molar-refractivity contribution in [2.24, 2.45) is 0 Å². The fraction of sp³-hybridized carbons (Fsp3) is 0.500. The lowest BCUT2D eigenvalue weighted by Crippen LogP contribution is -2.60. The Kier molecular flexibility index (Phi) is 8.76. The molecule has 0 aromatic heterocycles. The van der Waals surface area contributed by atoms with Crippen LogP contribution >= 0.6 is 0 Å². The smallest absolute Gasteiger partial charge is 0.211 e. The highest BCUT2D eigenvalue weighted by Gasteiger charge is 2.34. The summed E-state index contributed by atoms with van der Waals surface area (Å²) >= 11 is 0. The second-order valence-electron chi connectivity index (χ2n) is 9.32. The van der Waals surface area contributed by atoms with Gasteiger partial charge in [-0.25, -0.2) is 8.42 Å². The molecule has 2 aromatic carbocycles. The number of morpholine rings is 2. The van der Waals surface area contributed by atoms with Gasteiger partial charge in [0.1, 0.15) is 5.75 Å². The molecular weight excluding hydrogens is 464 g/mol. The monoisotopic (exact) mass is 498 g/mol. The summed E-state index contributed by atoms with van der Waals surface area (Å²) in [5.41, 5.74) is 1.63. The van der Waals surface area contributed by atoms with E-state index in [1.165, 1.54) is 6.26 Å². The first-order chi connectivity index (χ1) is 16.9. The van der Waals surface area contributed by atoms with Gasteiger partial charge in [0, 0.05) is 52.4 Å². The summed E-state index contributed by atoms with van der Waals surface area (Å²) in [7, 11) is -3.29. The number of rotatable bonds is 11. The van der Waals surface area contributed by atoms with Crippen molar-refractivity contribution < 1.29 is 17.9 Å². The van der Waals surface area contributed by atoms with Crippen LogP contribution in [-0.4, -0.2) is 93.4 Å². The molecule has 0 N–H and O–H groups in total. The first-order valence-corrected chi connectivity index (χ1v) is 14.0. The quantitative estimate of drug-likeness (QED) is 0.439. The van der Waals surface area contributed by atoms with E-state index < -0.39 is 10.0 Å². The fourth-order valence-corrected chi connectivity index (χ4v) is 5.53. The lowest BCUT2D eigenvalue weighted by molar-refractivity contribution is -0.138. The Morgan fingerprint density at radius 1 is 1.00 bits per heavy atom. The molecule has 2 unspecified atom stereocenters. The Morgan fingerprint density at radius 3 is 2.23 bits per heavy atom. The van der Waals surface area contributed by atoms with E-state index in [1.54, 1.807) is 16.4 Å². The molecule has 2 aliphatic heterocycles. The third kappa shape index (κ3) is 7.75. The third-order valence-corrected chi connectivity index (χ3v) is 7.69. The van der Waals surface area contributed by atoms with Crippen LogP contribution in [0.3, 0.4) is 0 Å². The van der Waals surface area contributed by atoms with Gasteiger partial charge in [0.15, 0.2) is 0 Å². The Bertz CT molecular complexity index is 1070. The molecule has 2 aliphatic rings. The van der Waals surface area contributed by atoms with Gasteiger partial charge < -0.3 is 9.47 Å². The molecule has 188 valence electrons. The maximum absolute atomic E-state index is 12.3. The van der Waals surface area contributed by atoms with Gasteiger partial charge >= 0.3 is 0 Å². The fourth-order valence-electron chi connectivity index (χ4n) is 4.73. The van der Waals surface area contributed by atoms with Gasteiger partial charge in [-0.1, -0.05) is 30.3 Å². The van der Waals surface area contributed by atoms with Crippen molar-refractivity contribution in [2.75, 3.05) is 58.7 Å². The van der Waals surface area contributed by atoms with Crippen LogP contribution < -0.4 is 4.74 Å². The molecule has 8 nitrogen and oxygen atoms in total. The zero-order valence-corrected chi connectivity index (χ0v) is 21.1. The molecule has 0 radical (unpaired) electrons. The highest BCUT2D eigenvalue weighted by atomic mass is 32.2. The largest absolute Gasteiger partial charge is 0.494 e. The Labute approximate surface area is 208 Å². The van der Waals surface area contributed by atoms with E-state index in [4.69, 9.17) is 14.7 Å². The molecule has 2 atom stereocenters. The van der Waals surface area contributed by atoms with Crippen molar-refractivity contribution in [3.63, 3.8) is 0 Å². The summed E-state index contributed by atoms with van der Waals surface area (Å²) in [6, 6.07) is 19.0. The normalized spacial score (nSPS) is 21.1. The van der Waals surface area contributed by atoms with Crippen LogP contribution in [0.5, 0.6) is 5.75 Å². The number of hydrogen-bond acceptors (Lipinski definition) is 7. The molecule has 0 spiro atoms. The molecule has 2 fully saturated rings. The molecule has 0 aliphatic carbocycles. The highest BCUT2D eigenvalue weighted by Crippen LogP contribution is 2.20. The van der Waals surface area contributed by atoms with Gasteiger partial charge in [-0.2, -0.15) is 9.57 Å². The number of ether oxygens (including phenoxy) is 2. The number of benzene rings is 2. The number of nitriles is 1. The summed E-state index contributed by atoms with van der Waals surface area (Å²) in [6.07, 6.45) is 2.49. The van der Waals surface area contributed by atoms with Crippen LogP contribution in [-0.2, 0) is 21.3 Å². The third-order valence-electron chi connectivity index (χ3n) is 6.44. The van der Waals surface area contributed by atoms with Crippen molar-refractivity contribution in [2.45, 2.75) is 25.2 Å². The molecule has 4 rings (SSSR count). The number of hydrogen-bond donors (Lipinski definition) is 0. The Hall–Kier alpha value is -2.48. The van der Waals surface area contributed by atoms with Crippen LogP contribution in [0.4, 0.5) is 0 Å². The van der Waals surface area contributed by atoms with Crippen LogP contribution in [0.2, 0.25) is 0 Å². The van der Waals surface area contributed by atoms with Crippen LogP contribution in [0, 0.1) is 11.3 Å². The van der Waals surface area contributed by atoms with Gasteiger partial charge in [-0.3, -0.25) is 9.80 Å². The topological polar surface area (TPSA) is 86.1 Å². The molecular formula is C26H34N4O4S. The van der Waals surface area contributed by atoms with Gasteiger partial charge in [-0.05, 0) is 36.2 Å². The van der Waals surface area contributed by atoms with Crippen LogP contribution in [0.25, 0.3) is 0 Å². The van der Waals surface area contributed by atoms with E-state index in [2.05, 4.69) is 15.9 Å². The van der Waals surface area contributed by atoms with Crippen molar-refractivity contribution in [3.8, 4) is 11.8 Å². The minimum Gasteiger partial charge on any atom is -0.494 e. The molecule has 2 heterocycles. The maximum atomic E-state index is 12.3. The van der Waals surface area contributed by atoms with E-state index in [0.717, 1.165) is 50.5 Å². The zero-order chi connectivity index (χ0) is 24.7. The predicted octanol–water partition coefficient (Wildman–Crippen LogP) is 2.17. The summed E-state index contributed by atoms with van der Waals surface area (Å²) in [5.74, 6) is 0.786. The summed E-state index contributed by atoms with van der Waals surface area (Å²) < 4.78 is 38.2. The number of nitrogens with zero attached hydrogens (tertiary/aromatic N) is 4. The van der Waals surface area contributed by atoms with Gasteiger partial charge in [-0.15, -0.1) is 0 Å². The molecule has 2 aromatic rings. The minimum absolute atomic E-state index is 0.141. The summed E-state index contributed by atoms with van der Waals surface area (Å²) in [5, 5.41) is 8.88.